The highest BCUT2D eigenvalue weighted by Crippen LogP contribution is 2.34. The molecule has 1 unspecified atom stereocenters. The molecule has 0 N–H and O–H groups in total. The molecule has 0 aromatic heterocycles. The second-order valence-electron chi connectivity index (χ2n) is 7.01. The number of benzene rings is 1. The van der Waals surface area contributed by atoms with Gasteiger partial charge in [0.15, 0.2) is 9.04 Å². The molecule has 0 saturated heterocycles. The maximum Gasteiger partial charge on any atom is 0.171 e. The molecule has 0 aliphatic heterocycles. The normalized spacial score (nSPS) is 13.8. The SMILES string of the molecule is CCCCCC(O[SiH](C)C)c1ccccc1C(C)(C)C. The van der Waals surface area contributed by atoms with Crippen LogP contribution in [-0.4, -0.2) is 9.04 Å². The molecule has 0 heterocycles. The summed E-state index contributed by atoms with van der Waals surface area (Å²) in [6.07, 6.45) is 5.29. The molecule has 0 fully saturated rings. The molecule has 0 saturated carbocycles. The van der Waals surface area contributed by atoms with E-state index in [9.17, 15) is 0 Å². The minimum absolute atomic E-state index is 0.182. The third kappa shape index (κ3) is 5.41. The lowest BCUT2D eigenvalue weighted by Gasteiger charge is -2.29. The largest absolute Gasteiger partial charge is 0.414 e. The first kappa shape index (κ1) is 17.4. The van der Waals surface area contributed by atoms with Crippen LogP contribution >= 0.6 is 0 Å². The van der Waals surface area contributed by atoms with Crippen LogP contribution in [0.4, 0.5) is 0 Å². The van der Waals surface area contributed by atoms with Crippen molar-refractivity contribution in [3.63, 3.8) is 0 Å². The molecule has 0 spiro atoms. The highest BCUT2D eigenvalue weighted by atomic mass is 28.3. The van der Waals surface area contributed by atoms with Crippen molar-refractivity contribution >= 4 is 9.04 Å². The van der Waals surface area contributed by atoms with E-state index in [1.165, 1.54) is 30.4 Å². The van der Waals surface area contributed by atoms with Crippen LogP contribution in [0.1, 0.15) is 70.6 Å². The van der Waals surface area contributed by atoms with Crippen LogP contribution in [0.25, 0.3) is 0 Å². The van der Waals surface area contributed by atoms with E-state index < -0.39 is 9.04 Å². The van der Waals surface area contributed by atoms with E-state index in [1.54, 1.807) is 0 Å². The zero-order valence-corrected chi connectivity index (χ0v) is 15.4. The fraction of sp³-hybridized carbons (Fsp3) is 0.667. The van der Waals surface area contributed by atoms with Gasteiger partial charge < -0.3 is 4.43 Å². The van der Waals surface area contributed by atoms with Crippen molar-refractivity contribution in [3.8, 4) is 0 Å². The lowest BCUT2D eigenvalue weighted by molar-refractivity contribution is 0.191. The molecule has 0 aliphatic carbocycles. The molecule has 114 valence electrons. The Bertz CT molecular complexity index is 393. The number of hydrogen-bond donors (Lipinski definition) is 0. The lowest BCUT2D eigenvalue weighted by Crippen LogP contribution is -2.20. The van der Waals surface area contributed by atoms with Gasteiger partial charge in [-0.1, -0.05) is 71.2 Å². The van der Waals surface area contributed by atoms with Gasteiger partial charge in [-0.05, 0) is 36.1 Å². The Morgan fingerprint density at radius 3 is 2.30 bits per heavy atom. The Hall–Kier alpha value is -0.603. The average Bonchev–Trinajstić information content (AvgIpc) is 2.36. The summed E-state index contributed by atoms with van der Waals surface area (Å²) in [7, 11) is -1.02. The smallest absolute Gasteiger partial charge is 0.171 e. The highest BCUT2D eigenvalue weighted by molar-refractivity contribution is 6.48. The van der Waals surface area contributed by atoms with Crippen LogP contribution in [0.3, 0.4) is 0 Å². The van der Waals surface area contributed by atoms with E-state index in [0.29, 0.717) is 6.10 Å². The second kappa shape index (κ2) is 7.99. The zero-order valence-electron chi connectivity index (χ0n) is 14.2. The first-order valence-electron chi connectivity index (χ1n) is 8.11. The fourth-order valence-electron chi connectivity index (χ4n) is 2.67. The number of rotatable bonds is 7. The Labute approximate surface area is 127 Å². The number of unbranched alkanes of at least 4 members (excludes halogenated alkanes) is 2. The Morgan fingerprint density at radius 2 is 1.75 bits per heavy atom. The van der Waals surface area contributed by atoms with Gasteiger partial charge >= 0.3 is 0 Å². The Kier molecular flexibility index (Phi) is 6.97. The standard InChI is InChI=1S/C18H32OSi/c1-7-8-9-14-17(19-20(5)6)15-12-10-11-13-16(15)18(2,3)4/h10-13,17,20H,7-9,14H2,1-6H3. The van der Waals surface area contributed by atoms with Crippen LogP contribution in [-0.2, 0) is 9.84 Å². The van der Waals surface area contributed by atoms with Crippen LogP contribution in [0.5, 0.6) is 0 Å². The average molecular weight is 293 g/mol. The third-order valence-electron chi connectivity index (χ3n) is 3.62. The van der Waals surface area contributed by atoms with Crippen molar-refractivity contribution in [2.24, 2.45) is 0 Å². The summed E-state index contributed by atoms with van der Waals surface area (Å²) in [4.78, 5) is 0. The van der Waals surface area contributed by atoms with Crippen molar-refractivity contribution in [2.45, 2.75) is 78.0 Å². The van der Waals surface area contributed by atoms with Crippen molar-refractivity contribution in [1.82, 2.24) is 0 Å². The van der Waals surface area contributed by atoms with Crippen LogP contribution in [0.2, 0.25) is 13.1 Å². The first-order chi connectivity index (χ1) is 9.36. The summed E-state index contributed by atoms with van der Waals surface area (Å²) in [6, 6.07) is 8.85. The fourth-order valence-corrected chi connectivity index (χ4v) is 3.61. The monoisotopic (exact) mass is 292 g/mol. The quantitative estimate of drug-likeness (QED) is 0.469. The minimum Gasteiger partial charge on any atom is -0.414 e. The molecule has 20 heavy (non-hydrogen) atoms. The van der Waals surface area contributed by atoms with E-state index in [0.717, 1.165) is 6.42 Å². The van der Waals surface area contributed by atoms with Gasteiger partial charge in [0.1, 0.15) is 0 Å². The van der Waals surface area contributed by atoms with E-state index in [2.05, 4.69) is 65.1 Å². The predicted octanol–water partition coefficient (Wildman–Crippen LogP) is 5.61. The van der Waals surface area contributed by atoms with Crippen molar-refractivity contribution in [3.05, 3.63) is 35.4 Å². The summed E-state index contributed by atoms with van der Waals surface area (Å²) >= 11 is 0. The van der Waals surface area contributed by atoms with Gasteiger partial charge in [-0.15, -0.1) is 0 Å². The summed E-state index contributed by atoms with van der Waals surface area (Å²) in [5, 5.41) is 0. The summed E-state index contributed by atoms with van der Waals surface area (Å²) in [5.74, 6) is 0. The zero-order chi connectivity index (χ0) is 15.2. The van der Waals surface area contributed by atoms with Crippen molar-refractivity contribution in [2.75, 3.05) is 0 Å². The second-order valence-corrected chi connectivity index (χ2v) is 9.38. The first-order valence-corrected chi connectivity index (χ1v) is 10.9. The molecule has 1 aromatic carbocycles. The molecule has 1 aromatic rings. The van der Waals surface area contributed by atoms with Gasteiger partial charge in [-0.2, -0.15) is 0 Å². The maximum atomic E-state index is 6.36. The van der Waals surface area contributed by atoms with Gasteiger partial charge in [-0.3, -0.25) is 0 Å². The topological polar surface area (TPSA) is 9.23 Å². The molecule has 0 radical (unpaired) electrons. The van der Waals surface area contributed by atoms with E-state index in [-0.39, 0.29) is 5.41 Å². The van der Waals surface area contributed by atoms with E-state index >= 15 is 0 Å². The maximum absolute atomic E-state index is 6.36. The van der Waals surface area contributed by atoms with E-state index in [4.69, 9.17) is 4.43 Å². The molecule has 1 atom stereocenters. The molecule has 1 rings (SSSR count). The molecule has 1 nitrogen and oxygen atoms in total. The van der Waals surface area contributed by atoms with Gasteiger partial charge in [0.05, 0.1) is 6.10 Å². The van der Waals surface area contributed by atoms with Gasteiger partial charge in [0.25, 0.3) is 0 Å². The van der Waals surface area contributed by atoms with Gasteiger partial charge in [0.2, 0.25) is 0 Å². The third-order valence-corrected chi connectivity index (χ3v) is 4.49. The van der Waals surface area contributed by atoms with Crippen LogP contribution in [0.15, 0.2) is 24.3 Å². The predicted molar refractivity (Wildman–Crippen MR) is 92.0 cm³/mol. The molecule has 0 aliphatic rings. The van der Waals surface area contributed by atoms with Crippen LogP contribution < -0.4 is 0 Å². The summed E-state index contributed by atoms with van der Waals surface area (Å²) in [6.45, 7) is 13.7. The highest BCUT2D eigenvalue weighted by Gasteiger charge is 2.23. The van der Waals surface area contributed by atoms with Crippen molar-refractivity contribution in [1.29, 1.82) is 0 Å². The summed E-state index contributed by atoms with van der Waals surface area (Å²) < 4.78 is 6.36. The summed E-state index contributed by atoms with van der Waals surface area (Å²) in [5.41, 5.74) is 3.04. The lowest BCUT2D eigenvalue weighted by atomic mass is 9.81. The number of hydrogen-bond acceptors (Lipinski definition) is 1. The Balaban J connectivity index is 3.00. The van der Waals surface area contributed by atoms with Gasteiger partial charge in [-0.25, -0.2) is 0 Å². The molecule has 0 amide bonds. The van der Waals surface area contributed by atoms with E-state index in [1.807, 2.05) is 0 Å². The molecular formula is C18H32OSi. The molecule has 0 bridgehead atoms. The minimum atomic E-state index is -1.02. The van der Waals surface area contributed by atoms with Gasteiger partial charge in [0, 0.05) is 0 Å². The van der Waals surface area contributed by atoms with Crippen molar-refractivity contribution < 1.29 is 4.43 Å². The molecule has 2 heteroatoms. The molecular weight excluding hydrogens is 260 g/mol. The van der Waals surface area contributed by atoms with Crippen LogP contribution in [0, 0.1) is 0 Å². The Morgan fingerprint density at radius 1 is 1.10 bits per heavy atom.